The van der Waals surface area contributed by atoms with Crippen LogP contribution in [0.2, 0.25) is 5.15 Å². The van der Waals surface area contributed by atoms with Crippen molar-refractivity contribution in [2.24, 2.45) is 0 Å². The van der Waals surface area contributed by atoms with Crippen LogP contribution in [0.3, 0.4) is 0 Å². The van der Waals surface area contributed by atoms with Crippen LogP contribution < -0.4 is 15.0 Å². The van der Waals surface area contributed by atoms with Crippen LogP contribution in [0.1, 0.15) is 36.1 Å². The number of pyridine rings is 1. The van der Waals surface area contributed by atoms with Crippen LogP contribution in [-0.2, 0) is 11.3 Å². The van der Waals surface area contributed by atoms with Gasteiger partial charge in [0.05, 0.1) is 18.3 Å². The predicted molar refractivity (Wildman–Crippen MR) is 126 cm³/mol. The first-order valence-corrected chi connectivity index (χ1v) is 11.4. The van der Waals surface area contributed by atoms with Crippen molar-refractivity contribution in [3.05, 3.63) is 58.9 Å². The quantitative estimate of drug-likeness (QED) is 0.572. The number of benzene rings is 1. The van der Waals surface area contributed by atoms with E-state index in [4.69, 9.17) is 16.3 Å². The number of nitrogens with zero attached hydrogens (tertiary/aromatic N) is 6. The van der Waals surface area contributed by atoms with Crippen LogP contribution in [0.5, 0.6) is 5.75 Å². The minimum Gasteiger partial charge on any atom is -0.482 e. The largest absolute Gasteiger partial charge is 0.482 e. The number of aryl methyl sites for hydroxylation is 1. The summed E-state index contributed by atoms with van der Waals surface area (Å²) >= 11 is 5.91. The van der Waals surface area contributed by atoms with Crippen molar-refractivity contribution < 1.29 is 14.3 Å². The highest BCUT2D eigenvalue weighted by Crippen LogP contribution is 2.35. The van der Waals surface area contributed by atoms with Crippen molar-refractivity contribution in [1.82, 2.24) is 24.6 Å². The molecule has 0 unspecified atom stereocenters. The summed E-state index contributed by atoms with van der Waals surface area (Å²) in [6.45, 7) is 3.05. The lowest BCUT2D eigenvalue weighted by Gasteiger charge is -2.27. The number of amides is 3. The van der Waals surface area contributed by atoms with E-state index in [0.717, 1.165) is 30.1 Å². The molecule has 0 aliphatic carbocycles. The Morgan fingerprint density at radius 1 is 1.26 bits per heavy atom. The maximum atomic E-state index is 13.2. The lowest BCUT2D eigenvalue weighted by Crippen LogP contribution is -2.36. The van der Waals surface area contributed by atoms with Gasteiger partial charge in [-0.3, -0.25) is 4.79 Å². The van der Waals surface area contributed by atoms with Gasteiger partial charge in [-0.15, -0.1) is 10.2 Å². The number of likely N-dealkylation sites (tertiary alicyclic amines) is 1. The zero-order chi connectivity index (χ0) is 23.8. The maximum absolute atomic E-state index is 13.2. The van der Waals surface area contributed by atoms with Gasteiger partial charge in [0.2, 0.25) is 0 Å². The van der Waals surface area contributed by atoms with Crippen molar-refractivity contribution in [1.29, 1.82) is 0 Å². The number of ether oxygens (including phenoxy) is 1. The lowest BCUT2D eigenvalue weighted by molar-refractivity contribution is -0.120. The molecule has 3 amide bonds. The second-order valence-electron chi connectivity index (χ2n) is 8.39. The molecule has 0 spiro atoms. The van der Waals surface area contributed by atoms with E-state index < -0.39 is 0 Å². The molecular weight excluding hydrogens is 458 g/mol. The van der Waals surface area contributed by atoms with E-state index in [1.165, 1.54) is 4.90 Å². The Kier molecular flexibility index (Phi) is 5.82. The molecule has 2 aliphatic heterocycles. The Balaban J connectivity index is 1.35. The normalized spacial score (nSPS) is 17.5. The molecule has 1 aromatic carbocycles. The van der Waals surface area contributed by atoms with Gasteiger partial charge in [0.15, 0.2) is 12.4 Å². The second-order valence-corrected chi connectivity index (χ2v) is 8.77. The summed E-state index contributed by atoms with van der Waals surface area (Å²) in [7, 11) is 1.69. The first-order valence-electron chi connectivity index (χ1n) is 11.0. The number of aromatic nitrogens is 4. The van der Waals surface area contributed by atoms with Gasteiger partial charge in [-0.2, -0.15) is 0 Å². The van der Waals surface area contributed by atoms with E-state index in [1.807, 2.05) is 17.6 Å². The molecule has 0 radical (unpaired) electrons. The molecule has 0 bridgehead atoms. The van der Waals surface area contributed by atoms with Crippen LogP contribution >= 0.6 is 11.6 Å². The molecule has 176 valence electrons. The van der Waals surface area contributed by atoms with Crippen molar-refractivity contribution in [3.8, 4) is 5.75 Å². The zero-order valence-corrected chi connectivity index (χ0v) is 19.6. The van der Waals surface area contributed by atoms with E-state index in [-0.39, 0.29) is 24.6 Å². The summed E-state index contributed by atoms with van der Waals surface area (Å²) in [4.78, 5) is 32.7. The van der Waals surface area contributed by atoms with E-state index in [2.05, 4.69) is 20.5 Å². The SMILES string of the molecule is Cc1nnc([C@H]2CCCN2C(=O)Nc2ccc3c(c2)N(C)C(=O)CO3)n1Cc1ccc(Cl)nc1. The minimum atomic E-state index is -0.228. The fourth-order valence-corrected chi connectivity index (χ4v) is 4.46. The Hall–Kier alpha value is -3.66. The molecule has 0 saturated carbocycles. The smallest absolute Gasteiger partial charge is 0.322 e. The summed E-state index contributed by atoms with van der Waals surface area (Å²) in [6, 6.07) is 8.51. The number of hydrogen-bond acceptors (Lipinski definition) is 6. The van der Waals surface area contributed by atoms with Crippen molar-refractivity contribution >= 4 is 34.9 Å². The van der Waals surface area contributed by atoms with E-state index in [9.17, 15) is 9.59 Å². The number of carbonyl (C=O) groups excluding carboxylic acids is 2. The molecule has 11 heteroatoms. The first-order chi connectivity index (χ1) is 16.4. The molecule has 1 atom stereocenters. The summed E-state index contributed by atoms with van der Waals surface area (Å²) in [5.41, 5.74) is 2.18. The standard InChI is InChI=1S/C23H24ClN7O3/c1-14-27-28-22(31(14)12-15-5-8-20(24)25-11-15)17-4-3-9-30(17)23(33)26-16-6-7-19-18(10-16)29(2)21(32)13-34-19/h5-8,10-11,17H,3-4,9,12-13H2,1-2H3,(H,26,33)/t17-/m1/s1. The average molecular weight is 482 g/mol. The van der Waals surface area contributed by atoms with Crippen LogP contribution in [0.4, 0.5) is 16.2 Å². The fraction of sp³-hybridized carbons (Fsp3) is 0.348. The van der Waals surface area contributed by atoms with Crippen LogP contribution in [0.25, 0.3) is 0 Å². The van der Waals surface area contributed by atoms with Crippen LogP contribution in [-0.4, -0.2) is 56.8 Å². The van der Waals surface area contributed by atoms with E-state index in [0.29, 0.717) is 35.4 Å². The summed E-state index contributed by atoms with van der Waals surface area (Å²) in [6.07, 6.45) is 3.38. The number of halogens is 1. The van der Waals surface area contributed by atoms with Gasteiger partial charge in [-0.05, 0) is 49.6 Å². The van der Waals surface area contributed by atoms with Gasteiger partial charge in [0.1, 0.15) is 16.7 Å². The highest BCUT2D eigenvalue weighted by atomic mass is 35.5. The summed E-state index contributed by atoms with van der Waals surface area (Å²) in [5, 5.41) is 12.1. The van der Waals surface area contributed by atoms with Gasteiger partial charge in [-0.1, -0.05) is 17.7 Å². The first kappa shape index (κ1) is 22.1. The molecule has 5 rings (SSSR count). The number of carbonyl (C=O) groups is 2. The summed E-state index contributed by atoms with van der Waals surface area (Å²) in [5.74, 6) is 1.98. The molecule has 2 aliphatic rings. The third kappa shape index (κ3) is 4.16. The van der Waals surface area contributed by atoms with Gasteiger partial charge >= 0.3 is 6.03 Å². The van der Waals surface area contributed by atoms with E-state index in [1.54, 1.807) is 42.4 Å². The molecule has 1 fully saturated rings. The van der Waals surface area contributed by atoms with Gasteiger partial charge < -0.3 is 24.4 Å². The van der Waals surface area contributed by atoms with E-state index >= 15 is 0 Å². The Bertz CT molecular complexity index is 1240. The second kappa shape index (κ2) is 8.94. The lowest BCUT2D eigenvalue weighted by atomic mass is 10.2. The topological polar surface area (TPSA) is 105 Å². The third-order valence-electron chi connectivity index (χ3n) is 6.20. The minimum absolute atomic E-state index is 0.0108. The van der Waals surface area contributed by atoms with Crippen molar-refractivity contribution in [2.75, 3.05) is 30.4 Å². The Morgan fingerprint density at radius 2 is 2.12 bits per heavy atom. The van der Waals surface area contributed by atoms with Crippen molar-refractivity contribution in [2.45, 2.75) is 32.4 Å². The number of rotatable bonds is 4. The molecule has 3 aromatic rings. The highest BCUT2D eigenvalue weighted by molar-refractivity contribution is 6.29. The predicted octanol–water partition coefficient (Wildman–Crippen LogP) is 3.41. The number of anilines is 2. The molecule has 4 heterocycles. The summed E-state index contributed by atoms with van der Waals surface area (Å²) < 4.78 is 7.48. The Labute approximate surface area is 201 Å². The number of urea groups is 1. The third-order valence-corrected chi connectivity index (χ3v) is 6.43. The monoisotopic (exact) mass is 481 g/mol. The molecular formula is C23H24ClN7O3. The molecule has 2 aromatic heterocycles. The molecule has 1 N–H and O–H groups in total. The fourth-order valence-electron chi connectivity index (χ4n) is 4.35. The maximum Gasteiger partial charge on any atom is 0.322 e. The van der Waals surface area contributed by atoms with Gasteiger partial charge in [0, 0.05) is 25.5 Å². The van der Waals surface area contributed by atoms with Crippen molar-refractivity contribution in [3.63, 3.8) is 0 Å². The zero-order valence-electron chi connectivity index (χ0n) is 18.9. The average Bonchev–Trinajstić information content (AvgIpc) is 3.45. The number of fused-ring (bicyclic) bond motifs is 1. The van der Waals surface area contributed by atoms with Gasteiger partial charge in [-0.25, -0.2) is 9.78 Å². The van der Waals surface area contributed by atoms with Crippen LogP contribution in [0.15, 0.2) is 36.5 Å². The number of likely N-dealkylation sites (N-methyl/N-ethyl adjacent to an activating group) is 1. The number of hydrogen-bond donors (Lipinski definition) is 1. The van der Waals surface area contributed by atoms with Crippen LogP contribution in [0, 0.1) is 6.92 Å². The number of nitrogens with one attached hydrogen (secondary N) is 1. The highest BCUT2D eigenvalue weighted by Gasteiger charge is 2.34. The molecule has 1 saturated heterocycles. The van der Waals surface area contributed by atoms with Gasteiger partial charge in [0.25, 0.3) is 5.91 Å². The molecule has 34 heavy (non-hydrogen) atoms. The molecule has 10 nitrogen and oxygen atoms in total. The Morgan fingerprint density at radius 3 is 2.91 bits per heavy atom.